The zero-order valence-electron chi connectivity index (χ0n) is 5.21. The maximum Gasteiger partial charge on any atom is 0.0928 e. The molecule has 0 bridgehead atoms. The summed E-state index contributed by atoms with van der Waals surface area (Å²) < 4.78 is 10.7. The van der Waals surface area contributed by atoms with Gasteiger partial charge < -0.3 is 0 Å². The lowest BCUT2D eigenvalue weighted by atomic mass is 10.3. The first-order valence-corrected chi connectivity index (χ1v) is 5.46. The fraction of sp³-hybridized carbons (Fsp3) is 1.00. The Labute approximate surface area is 62.2 Å². The third-order valence-electron chi connectivity index (χ3n) is 1.45. The topological polar surface area (TPSA) is 43.1 Å². The first kappa shape index (κ1) is 7.57. The standard InChI is InChI=1S/C5H11NOS2/c6-9(7)5-2-1-3-8-4-5/h5H,1-4,6H2/t5?,9-/m1/s1. The van der Waals surface area contributed by atoms with Gasteiger partial charge in [0.25, 0.3) is 0 Å². The Morgan fingerprint density at radius 3 is 2.78 bits per heavy atom. The van der Waals surface area contributed by atoms with Crippen LogP contribution in [0.4, 0.5) is 0 Å². The maximum absolute atomic E-state index is 10.7. The van der Waals surface area contributed by atoms with Crippen molar-refractivity contribution in [2.75, 3.05) is 11.5 Å². The Kier molecular flexibility index (Phi) is 3.01. The van der Waals surface area contributed by atoms with E-state index in [-0.39, 0.29) is 5.25 Å². The molecule has 0 spiro atoms. The number of nitrogens with two attached hydrogens (primary N) is 1. The van der Waals surface area contributed by atoms with E-state index in [9.17, 15) is 4.21 Å². The SMILES string of the molecule is N[S@](=O)C1CCCSC1. The van der Waals surface area contributed by atoms with E-state index in [0.717, 1.165) is 12.2 Å². The highest BCUT2D eigenvalue weighted by molar-refractivity contribution is 8.00. The molecule has 2 N–H and O–H groups in total. The van der Waals surface area contributed by atoms with Crippen LogP contribution in [0.1, 0.15) is 12.8 Å². The molecule has 0 aromatic heterocycles. The first-order chi connectivity index (χ1) is 4.30. The van der Waals surface area contributed by atoms with Gasteiger partial charge >= 0.3 is 0 Å². The number of hydrogen-bond donors (Lipinski definition) is 1. The highest BCUT2D eigenvalue weighted by Gasteiger charge is 2.16. The molecule has 9 heavy (non-hydrogen) atoms. The molecule has 1 aliphatic rings. The van der Waals surface area contributed by atoms with E-state index in [2.05, 4.69) is 0 Å². The van der Waals surface area contributed by atoms with Crippen LogP contribution in [-0.2, 0) is 11.0 Å². The van der Waals surface area contributed by atoms with E-state index >= 15 is 0 Å². The van der Waals surface area contributed by atoms with Crippen LogP contribution in [0.2, 0.25) is 0 Å². The smallest absolute Gasteiger partial charge is 0.0928 e. The van der Waals surface area contributed by atoms with Gasteiger partial charge in [0.15, 0.2) is 0 Å². The third kappa shape index (κ3) is 2.27. The predicted molar refractivity (Wildman–Crippen MR) is 42.7 cm³/mol. The van der Waals surface area contributed by atoms with Crippen LogP contribution in [0.15, 0.2) is 0 Å². The lowest BCUT2D eigenvalue weighted by Gasteiger charge is -2.17. The second-order valence-electron chi connectivity index (χ2n) is 2.17. The molecule has 0 saturated carbocycles. The van der Waals surface area contributed by atoms with Gasteiger partial charge in [-0.25, -0.2) is 4.21 Å². The summed E-state index contributed by atoms with van der Waals surface area (Å²) in [6, 6.07) is 0. The Morgan fingerprint density at radius 1 is 1.67 bits per heavy atom. The van der Waals surface area contributed by atoms with Crippen LogP contribution >= 0.6 is 11.8 Å². The van der Waals surface area contributed by atoms with Crippen LogP contribution in [-0.4, -0.2) is 21.0 Å². The average Bonchev–Trinajstić information content (AvgIpc) is 1.90. The fourth-order valence-corrected chi connectivity index (χ4v) is 3.09. The van der Waals surface area contributed by atoms with Crippen molar-refractivity contribution in [1.29, 1.82) is 0 Å². The van der Waals surface area contributed by atoms with Crippen LogP contribution in [0.5, 0.6) is 0 Å². The number of rotatable bonds is 1. The minimum absolute atomic E-state index is 0.267. The molecule has 0 amide bonds. The van der Waals surface area contributed by atoms with Gasteiger partial charge in [-0.3, -0.25) is 5.14 Å². The molecule has 2 atom stereocenters. The summed E-state index contributed by atoms with van der Waals surface area (Å²) in [5, 5.41) is 5.49. The van der Waals surface area contributed by atoms with Crippen molar-refractivity contribution in [3.63, 3.8) is 0 Å². The Balaban J connectivity index is 2.31. The van der Waals surface area contributed by atoms with Crippen molar-refractivity contribution < 1.29 is 4.21 Å². The van der Waals surface area contributed by atoms with Crippen molar-refractivity contribution in [2.45, 2.75) is 18.1 Å². The van der Waals surface area contributed by atoms with Crippen LogP contribution < -0.4 is 5.14 Å². The molecular formula is C5H11NOS2. The molecule has 4 heteroatoms. The van der Waals surface area contributed by atoms with Crippen molar-refractivity contribution in [3.05, 3.63) is 0 Å². The Bertz CT molecular complexity index is 112. The fourth-order valence-electron chi connectivity index (χ4n) is 0.894. The predicted octanol–water partition coefficient (Wildman–Crippen LogP) is 0.504. The van der Waals surface area contributed by atoms with Gasteiger partial charge in [0.2, 0.25) is 0 Å². The van der Waals surface area contributed by atoms with E-state index < -0.39 is 11.0 Å². The molecule has 0 radical (unpaired) electrons. The van der Waals surface area contributed by atoms with E-state index in [1.165, 1.54) is 12.2 Å². The molecule has 1 rings (SSSR count). The molecule has 1 fully saturated rings. The van der Waals surface area contributed by atoms with E-state index in [1.807, 2.05) is 11.8 Å². The summed E-state index contributed by atoms with van der Waals surface area (Å²) in [6.07, 6.45) is 2.23. The van der Waals surface area contributed by atoms with Gasteiger partial charge in [0, 0.05) is 5.75 Å². The molecule has 1 heterocycles. The summed E-state index contributed by atoms with van der Waals surface area (Å²) in [7, 11) is -1.07. The summed E-state index contributed by atoms with van der Waals surface area (Å²) in [4.78, 5) is 0. The van der Waals surface area contributed by atoms with E-state index in [1.54, 1.807) is 0 Å². The highest BCUT2D eigenvalue weighted by Crippen LogP contribution is 2.19. The first-order valence-electron chi connectivity index (χ1n) is 3.03. The van der Waals surface area contributed by atoms with Gasteiger partial charge in [-0.15, -0.1) is 0 Å². The van der Waals surface area contributed by atoms with E-state index in [4.69, 9.17) is 5.14 Å². The second-order valence-corrected chi connectivity index (χ2v) is 4.64. The quantitative estimate of drug-likeness (QED) is 0.615. The van der Waals surface area contributed by atoms with Gasteiger partial charge in [0.05, 0.1) is 16.2 Å². The molecule has 0 aliphatic carbocycles. The minimum atomic E-state index is -1.07. The van der Waals surface area contributed by atoms with Gasteiger partial charge in [-0.1, -0.05) is 0 Å². The van der Waals surface area contributed by atoms with Gasteiger partial charge in [-0.2, -0.15) is 11.8 Å². The van der Waals surface area contributed by atoms with Crippen LogP contribution in [0, 0.1) is 0 Å². The molecule has 54 valence electrons. The van der Waals surface area contributed by atoms with Gasteiger partial charge in [0.1, 0.15) is 0 Å². The molecule has 0 aromatic carbocycles. The van der Waals surface area contributed by atoms with Crippen LogP contribution in [0.25, 0.3) is 0 Å². The van der Waals surface area contributed by atoms with Crippen molar-refractivity contribution in [2.24, 2.45) is 5.14 Å². The van der Waals surface area contributed by atoms with Gasteiger partial charge in [-0.05, 0) is 18.6 Å². The number of hydrogen-bond acceptors (Lipinski definition) is 2. The molecular weight excluding hydrogens is 154 g/mol. The normalized spacial score (nSPS) is 31.9. The molecule has 1 saturated heterocycles. The summed E-state index contributed by atoms with van der Waals surface area (Å²) in [6.45, 7) is 0. The summed E-state index contributed by atoms with van der Waals surface area (Å²) in [5.74, 6) is 2.21. The lowest BCUT2D eigenvalue weighted by molar-refractivity contribution is 0.663. The Morgan fingerprint density at radius 2 is 2.44 bits per heavy atom. The highest BCUT2D eigenvalue weighted by atomic mass is 32.2. The van der Waals surface area contributed by atoms with Crippen molar-refractivity contribution >= 4 is 22.7 Å². The second kappa shape index (κ2) is 3.58. The zero-order chi connectivity index (χ0) is 6.69. The average molecular weight is 165 g/mol. The molecule has 0 aromatic rings. The van der Waals surface area contributed by atoms with Crippen molar-refractivity contribution in [1.82, 2.24) is 0 Å². The molecule has 1 unspecified atom stereocenters. The lowest BCUT2D eigenvalue weighted by Crippen LogP contribution is -2.26. The maximum atomic E-state index is 10.7. The van der Waals surface area contributed by atoms with Crippen molar-refractivity contribution in [3.8, 4) is 0 Å². The molecule has 2 nitrogen and oxygen atoms in total. The third-order valence-corrected chi connectivity index (χ3v) is 3.93. The summed E-state index contributed by atoms with van der Waals surface area (Å²) in [5.41, 5.74) is 0. The van der Waals surface area contributed by atoms with Crippen LogP contribution in [0.3, 0.4) is 0 Å². The minimum Gasteiger partial charge on any atom is -0.252 e. The molecule has 1 aliphatic heterocycles. The number of thioether (sulfide) groups is 1. The monoisotopic (exact) mass is 165 g/mol. The van der Waals surface area contributed by atoms with E-state index in [0.29, 0.717) is 0 Å². The summed E-state index contributed by atoms with van der Waals surface area (Å²) >= 11 is 1.86. The zero-order valence-corrected chi connectivity index (χ0v) is 6.84. The Hall–Kier alpha value is 0.460. The largest absolute Gasteiger partial charge is 0.252 e.